The third kappa shape index (κ3) is 5.83. The maximum Gasteiger partial charge on any atom is 0.0558 e. The molecule has 0 atom stereocenters. The molecular weight excluding hydrogens is 244 g/mol. The van der Waals surface area contributed by atoms with Crippen molar-refractivity contribution in [3.63, 3.8) is 0 Å². The van der Waals surface area contributed by atoms with E-state index < -0.39 is 0 Å². The van der Waals surface area contributed by atoms with Crippen molar-refractivity contribution in [2.45, 2.75) is 47.6 Å². The minimum atomic E-state index is 0.780. The number of aromatic nitrogens is 1. The molecule has 2 nitrogen and oxygen atoms in total. The van der Waals surface area contributed by atoms with Crippen molar-refractivity contribution < 1.29 is 0 Å². The molecule has 0 aliphatic carbocycles. The SMILES string of the molecule is CC.CC.CCC1CN(Cc2cc(Cl)ccn2)C1. The molecule has 0 unspecified atom stereocenters. The van der Waals surface area contributed by atoms with Gasteiger partial charge in [-0.05, 0) is 18.1 Å². The van der Waals surface area contributed by atoms with E-state index in [2.05, 4.69) is 16.8 Å². The zero-order chi connectivity index (χ0) is 14.0. The third-order valence-corrected chi connectivity index (χ3v) is 3.01. The van der Waals surface area contributed by atoms with Crippen LogP contribution in [0.3, 0.4) is 0 Å². The van der Waals surface area contributed by atoms with Crippen molar-refractivity contribution in [3.05, 3.63) is 29.0 Å². The summed E-state index contributed by atoms with van der Waals surface area (Å²) in [5, 5.41) is 0.780. The first-order chi connectivity index (χ1) is 8.78. The molecule has 0 spiro atoms. The van der Waals surface area contributed by atoms with Crippen molar-refractivity contribution in [1.82, 2.24) is 9.88 Å². The van der Waals surface area contributed by atoms with E-state index in [1.54, 1.807) is 6.20 Å². The Balaban J connectivity index is 0.000000659. The maximum absolute atomic E-state index is 5.89. The van der Waals surface area contributed by atoms with Gasteiger partial charge in [-0.3, -0.25) is 9.88 Å². The van der Waals surface area contributed by atoms with Gasteiger partial charge in [-0.25, -0.2) is 0 Å². The summed E-state index contributed by atoms with van der Waals surface area (Å²) in [6.45, 7) is 13.6. The Labute approximate surface area is 117 Å². The largest absolute Gasteiger partial charge is 0.297 e. The number of halogens is 1. The predicted molar refractivity (Wildman–Crippen MR) is 81.0 cm³/mol. The molecule has 18 heavy (non-hydrogen) atoms. The van der Waals surface area contributed by atoms with E-state index in [0.717, 1.165) is 23.2 Å². The second kappa shape index (κ2) is 10.3. The molecule has 0 radical (unpaired) electrons. The highest BCUT2D eigenvalue weighted by Crippen LogP contribution is 2.20. The fourth-order valence-electron chi connectivity index (χ4n) is 1.83. The van der Waals surface area contributed by atoms with E-state index in [1.165, 1.54) is 19.5 Å². The highest BCUT2D eigenvalue weighted by atomic mass is 35.5. The van der Waals surface area contributed by atoms with Gasteiger partial charge in [-0.15, -0.1) is 0 Å². The van der Waals surface area contributed by atoms with Crippen LogP contribution in [0, 0.1) is 5.92 Å². The molecule has 1 fully saturated rings. The summed E-state index contributed by atoms with van der Waals surface area (Å²) in [6, 6.07) is 3.76. The van der Waals surface area contributed by atoms with Gasteiger partial charge in [0.25, 0.3) is 0 Å². The first-order valence-electron chi connectivity index (χ1n) is 7.10. The standard InChI is InChI=1S/C11H15ClN2.2C2H6/c1-2-9-6-14(7-9)8-11-5-10(12)3-4-13-11;2*1-2/h3-5,9H,2,6-8H2,1H3;2*1-2H3. The summed E-state index contributed by atoms with van der Waals surface area (Å²) in [5.41, 5.74) is 1.08. The number of hydrogen-bond donors (Lipinski definition) is 0. The Hall–Kier alpha value is -0.600. The molecular formula is C15H27ClN2. The predicted octanol–water partition coefficient (Wildman–Crippen LogP) is 4.63. The molecule has 0 saturated carbocycles. The van der Waals surface area contributed by atoms with Gasteiger partial charge >= 0.3 is 0 Å². The molecule has 3 heteroatoms. The quantitative estimate of drug-likeness (QED) is 0.796. The van der Waals surface area contributed by atoms with Gasteiger partial charge in [0.1, 0.15) is 0 Å². The third-order valence-electron chi connectivity index (χ3n) is 2.77. The van der Waals surface area contributed by atoms with Crippen molar-refractivity contribution in [3.8, 4) is 0 Å². The van der Waals surface area contributed by atoms with E-state index in [4.69, 9.17) is 11.6 Å². The topological polar surface area (TPSA) is 16.1 Å². The van der Waals surface area contributed by atoms with Crippen molar-refractivity contribution >= 4 is 11.6 Å². The molecule has 2 heterocycles. The van der Waals surface area contributed by atoms with Crippen LogP contribution in [0.4, 0.5) is 0 Å². The summed E-state index contributed by atoms with van der Waals surface area (Å²) in [6.07, 6.45) is 3.06. The van der Waals surface area contributed by atoms with Gasteiger partial charge in [0.05, 0.1) is 5.69 Å². The van der Waals surface area contributed by atoms with Crippen LogP contribution in [-0.2, 0) is 6.54 Å². The number of likely N-dealkylation sites (tertiary alicyclic amines) is 1. The molecule has 1 saturated heterocycles. The molecule has 104 valence electrons. The zero-order valence-electron chi connectivity index (χ0n) is 12.4. The van der Waals surface area contributed by atoms with E-state index in [0.29, 0.717) is 0 Å². The van der Waals surface area contributed by atoms with Crippen LogP contribution in [0.2, 0.25) is 5.02 Å². The molecule has 0 bridgehead atoms. The zero-order valence-corrected chi connectivity index (χ0v) is 13.2. The Bertz CT molecular complexity index is 309. The summed E-state index contributed by atoms with van der Waals surface area (Å²) >= 11 is 5.89. The molecule has 1 aromatic heterocycles. The highest BCUT2D eigenvalue weighted by Gasteiger charge is 2.24. The molecule has 0 N–H and O–H groups in total. The van der Waals surface area contributed by atoms with Gasteiger partial charge in [0.2, 0.25) is 0 Å². The maximum atomic E-state index is 5.89. The van der Waals surface area contributed by atoms with Crippen molar-refractivity contribution in [1.29, 1.82) is 0 Å². The van der Waals surface area contributed by atoms with Gasteiger partial charge in [0, 0.05) is 30.9 Å². The summed E-state index contributed by atoms with van der Waals surface area (Å²) in [4.78, 5) is 6.70. The van der Waals surface area contributed by atoms with E-state index in [-0.39, 0.29) is 0 Å². The molecule has 2 rings (SSSR count). The number of pyridine rings is 1. The van der Waals surface area contributed by atoms with Crippen LogP contribution < -0.4 is 0 Å². The van der Waals surface area contributed by atoms with Gasteiger partial charge in [0.15, 0.2) is 0 Å². The van der Waals surface area contributed by atoms with Crippen molar-refractivity contribution in [2.75, 3.05) is 13.1 Å². The summed E-state index contributed by atoms with van der Waals surface area (Å²) in [5.74, 6) is 0.897. The average Bonchev–Trinajstić information content (AvgIpc) is 2.38. The molecule has 0 amide bonds. The fourth-order valence-corrected chi connectivity index (χ4v) is 2.01. The number of nitrogens with zero attached hydrogens (tertiary/aromatic N) is 2. The van der Waals surface area contributed by atoms with Crippen LogP contribution in [0.15, 0.2) is 18.3 Å². The normalized spacial score (nSPS) is 14.8. The first-order valence-corrected chi connectivity index (χ1v) is 7.48. The first kappa shape index (κ1) is 17.4. The van der Waals surface area contributed by atoms with E-state index >= 15 is 0 Å². The van der Waals surface area contributed by atoms with Gasteiger partial charge in [-0.2, -0.15) is 0 Å². The lowest BCUT2D eigenvalue weighted by Gasteiger charge is -2.38. The average molecular weight is 271 g/mol. The smallest absolute Gasteiger partial charge is 0.0558 e. The monoisotopic (exact) mass is 270 g/mol. The minimum absolute atomic E-state index is 0.780. The molecule has 1 aliphatic heterocycles. The van der Waals surface area contributed by atoms with Gasteiger partial charge in [-0.1, -0.05) is 52.6 Å². The lowest BCUT2D eigenvalue weighted by atomic mass is 9.97. The lowest BCUT2D eigenvalue weighted by molar-refractivity contribution is 0.0885. The van der Waals surface area contributed by atoms with Crippen LogP contribution in [0.1, 0.15) is 46.7 Å². The Morgan fingerprint density at radius 2 is 1.89 bits per heavy atom. The van der Waals surface area contributed by atoms with Crippen LogP contribution in [0.25, 0.3) is 0 Å². The number of rotatable bonds is 3. The minimum Gasteiger partial charge on any atom is -0.297 e. The Morgan fingerprint density at radius 3 is 2.39 bits per heavy atom. The van der Waals surface area contributed by atoms with E-state index in [9.17, 15) is 0 Å². The van der Waals surface area contributed by atoms with Crippen molar-refractivity contribution in [2.24, 2.45) is 5.92 Å². The Morgan fingerprint density at radius 1 is 1.28 bits per heavy atom. The second-order valence-corrected chi connectivity index (χ2v) is 4.37. The van der Waals surface area contributed by atoms with Crippen LogP contribution >= 0.6 is 11.6 Å². The molecule has 0 aromatic carbocycles. The van der Waals surface area contributed by atoms with Crippen LogP contribution in [-0.4, -0.2) is 23.0 Å². The van der Waals surface area contributed by atoms with Gasteiger partial charge < -0.3 is 0 Å². The fraction of sp³-hybridized carbons (Fsp3) is 0.667. The number of hydrogen-bond acceptors (Lipinski definition) is 2. The molecule has 1 aliphatic rings. The summed E-state index contributed by atoms with van der Waals surface area (Å²) in [7, 11) is 0. The highest BCUT2D eigenvalue weighted by molar-refractivity contribution is 6.30. The lowest BCUT2D eigenvalue weighted by Crippen LogP contribution is -2.45. The summed E-state index contributed by atoms with van der Waals surface area (Å²) < 4.78 is 0. The van der Waals surface area contributed by atoms with Crippen LogP contribution in [0.5, 0.6) is 0 Å². The van der Waals surface area contributed by atoms with E-state index in [1.807, 2.05) is 39.8 Å². The molecule has 1 aromatic rings. The second-order valence-electron chi connectivity index (χ2n) is 3.93. The Kier molecular flexibility index (Phi) is 9.99.